The Morgan fingerprint density at radius 2 is 2.13 bits per heavy atom. The zero-order valence-corrected chi connectivity index (χ0v) is 13.6. The number of carbonyl (C=O) groups excluding carboxylic acids is 1. The van der Waals surface area contributed by atoms with Gasteiger partial charge >= 0.3 is 0 Å². The highest BCUT2D eigenvalue weighted by Gasteiger charge is 2.25. The normalized spacial score (nSPS) is 18.0. The van der Waals surface area contributed by atoms with Gasteiger partial charge in [-0.3, -0.25) is 4.79 Å². The number of amides is 1. The van der Waals surface area contributed by atoms with E-state index in [2.05, 4.69) is 10.1 Å². The molecule has 1 saturated heterocycles. The van der Waals surface area contributed by atoms with Gasteiger partial charge in [-0.25, -0.2) is 9.67 Å². The smallest absolute Gasteiger partial charge is 0.260 e. The van der Waals surface area contributed by atoms with Crippen LogP contribution in [0, 0.1) is 13.8 Å². The molecule has 6 heteroatoms. The lowest BCUT2D eigenvalue weighted by Gasteiger charge is -2.32. The Labute approximate surface area is 136 Å². The van der Waals surface area contributed by atoms with Crippen LogP contribution in [-0.2, 0) is 4.79 Å². The number of rotatable bonds is 4. The minimum atomic E-state index is 0.0254. The lowest BCUT2D eigenvalue weighted by molar-refractivity contribution is -0.135. The third-order valence-corrected chi connectivity index (χ3v) is 4.31. The fourth-order valence-corrected chi connectivity index (χ4v) is 3.06. The van der Waals surface area contributed by atoms with Crippen molar-refractivity contribution < 1.29 is 9.53 Å². The summed E-state index contributed by atoms with van der Waals surface area (Å²) in [5.41, 5.74) is 2.11. The quantitative estimate of drug-likeness (QED) is 0.867. The highest BCUT2D eigenvalue weighted by Crippen LogP contribution is 2.23. The zero-order chi connectivity index (χ0) is 16.2. The van der Waals surface area contributed by atoms with Gasteiger partial charge in [0.15, 0.2) is 6.61 Å². The van der Waals surface area contributed by atoms with Crippen molar-refractivity contribution in [2.24, 2.45) is 0 Å². The van der Waals surface area contributed by atoms with Crippen molar-refractivity contribution in [2.45, 2.75) is 32.7 Å². The third kappa shape index (κ3) is 3.52. The van der Waals surface area contributed by atoms with E-state index in [0.29, 0.717) is 6.54 Å². The van der Waals surface area contributed by atoms with Gasteiger partial charge in [0.05, 0.1) is 6.04 Å². The van der Waals surface area contributed by atoms with Crippen LogP contribution >= 0.6 is 0 Å². The molecule has 1 aromatic carbocycles. The maximum atomic E-state index is 12.5. The summed E-state index contributed by atoms with van der Waals surface area (Å²) < 4.78 is 7.62. The van der Waals surface area contributed by atoms with Crippen LogP contribution in [-0.4, -0.2) is 45.3 Å². The molecule has 2 heterocycles. The van der Waals surface area contributed by atoms with Gasteiger partial charge in [0, 0.05) is 13.1 Å². The first-order chi connectivity index (χ1) is 11.1. The number of aryl methyl sites for hydroxylation is 2. The standard InChI is InChI=1S/C17H22N4O2/c1-13-5-3-6-14(2)17(13)23-10-16(22)20-8-4-7-15(9-20)21-12-18-11-19-21/h3,5-6,11-12,15H,4,7-10H2,1-2H3/t15-/m0/s1. The van der Waals surface area contributed by atoms with Crippen LogP contribution in [0.2, 0.25) is 0 Å². The number of nitrogens with zero attached hydrogens (tertiary/aromatic N) is 4. The zero-order valence-electron chi connectivity index (χ0n) is 13.6. The first kappa shape index (κ1) is 15.5. The van der Waals surface area contributed by atoms with E-state index in [4.69, 9.17) is 4.74 Å². The third-order valence-electron chi connectivity index (χ3n) is 4.31. The molecule has 1 fully saturated rings. The lowest BCUT2D eigenvalue weighted by Crippen LogP contribution is -2.43. The largest absolute Gasteiger partial charge is 0.483 e. The molecule has 1 aromatic heterocycles. The molecule has 122 valence electrons. The molecule has 6 nitrogen and oxygen atoms in total. The van der Waals surface area contributed by atoms with E-state index in [-0.39, 0.29) is 18.6 Å². The van der Waals surface area contributed by atoms with Crippen molar-refractivity contribution in [1.82, 2.24) is 19.7 Å². The average Bonchev–Trinajstić information content (AvgIpc) is 3.09. The SMILES string of the molecule is Cc1cccc(C)c1OCC(=O)N1CCC[C@H](n2cncn2)C1. The summed E-state index contributed by atoms with van der Waals surface area (Å²) in [6, 6.07) is 6.19. The summed E-state index contributed by atoms with van der Waals surface area (Å²) in [4.78, 5) is 18.3. The van der Waals surface area contributed by atoms with Gasteiger partial charge in [-0.2, -0.15) is 5.10 Å². The van der Waals surface area contributed by atoms with E-state index in [1.165, 1.54) is 6.33 Å². The molecule has 0 aliphatic carbocycles. The van der Waals surface area contributed by atoms with Crippen molar-refractivity contribution in [3.8, 4) is 5.75 Å². The molecule has 0 N–H and O–H groups in total. The minimum Gasteiger partial charge on any atom is -0.483 e. The van der Waals surface area contributed by atoms with Crippen molar-refractivity contribution >= 4 is 5.91 Å². The number of piperidine rings is 1. The van der Waals surface area contributed by atoms with Crippen LogP contribution in [0.1, 0.15) is 30.0 Å². The van der Waals surface area contributed by atoms with Crippen LogP contribution in [0.15, 0.2) is 30.9 Å². The van der Waals surface area contributed by atoms with Crippen LogP contribution in [0.3, 0.4) is 0 Å². The molecule has 2 aromatic rings. The number of aromatic nitrogens is 3. The van der Waals surface area contributed by atoms with Crippen molar-refractivity contribution in [1.29, 1.82) is 0 Å². The number of para-hydroxylation sites is 1. The first-order valence-corrected chi connectivity index (χ1v) is 7.96. The molecular weight excluding hydrogens is 292 g/mol. The molecule has 0 bridgehead atoms. The predicted molar refractivity (Wildman–Crippen MR) is 86.3 cm³/mol. The minimum absolute atomic E-state index is 0.0254. The molecule has 0 radical (unpaired) electrons. The number of hydrogen-bond acceptors (Lipinski definition) is 4. The van der Waals surface area contributed by atoms with E-state index in [0.717, 1.165) is 36.3 Å². The van der Waals surface area contributed by atoms with Crippen molar-refractivity contribution in [3.63, 3.8) is 0 Å². The topological polar surface area (TPSA) is 60.2 Å². The first-order valence-electron chi connectivity index (χ1n) is 7.96. The average molecular weight is 314 g/mol. The van der Waals surface area contributed by atoms with Gasteiger partial charge in [0.2, 0.25) is 0 Å². The van der Waals surface area contributed by atoms with E-state index in [9.17, 15) is 4.79 Å². The van der Waals surface area contributed by atoms with Gasteiger partial charge in [-0.05, 0) is 37.8 Å². The Balaban J connectivity index is 1.60. The lowest BCUT2D eigenvalue weighted by atomic mass is 10.1. The van der Waals surface area contributed by atoms with E-state index in [1.54, 1.807) is 6.33 Å². The Morgan fingerprint density at radius 1 is 1.35 bits per heavy atom. The fraction of sp³-hybridized carbons (Fsp3) is 0.471. The van der Waals surface area contributed by atoms with E-state index >= 15 is 0 Å². The molecule has 0 unspecified atom stereocenters. The van der Waals surface area contributed by atoms with E-state index in [1.807, 2.05) is 41.6 Å². The van der Waals surface area contributed by atoms with Crippen molar-refractivity contribution in [3.05, 3.63) is 42.0 Å². The molecule has 1 aliphatic heterocycles. The van der Waals surface area contributed by atoms with Gasteiger partial charge in [0.1, 0.15) is 18.4 Å². The number of benzene rings is 1. The van der Waals surface area contributed by atoms with Crippen LogP contribution in [0.25, 0.3) is 0 Å². The Morgan fingerprint density at radius 3 is 2.83 bits per heavy atom. The number of hydrogen-bond donors (Lipinski definition) is 0. The summed E-state index contributed by atoms with van der Waals surface area (Å²) in [7, 11) is 0. The van der Waals surface area contributed by atoms with Gasteiger partial charge in [-0.15, -0.1) is 0 Å². The van der Waals surface area contributed by atoms with Gasteiger partial charge < -0.3 is 9.64 Å². The van der Waals surface area contributed by atoms with Gasteiger partial charge in [0.25, 0.3) is 5.91 Å². The molecule has 3 rings (SSSR count). The summed E-state index contributed by atoms with van der Waals surface area (Å²) in [6.45, 7) is 5.51. The highest BCUT2D eigenvalue weighted by molar-refractivity contribution is 5.78. The maximum Gasteiger partial charge on any atom is 0.260 e. The number of carbonyl (C=O) groups is 1. The molecule has 0 spiro atoms. The fourth-order valence-electron chi connectivity index (χ4n) is 3.06. The van der Waals surface area contributed by atoms with Crippen LogP contribution < -0.4 is 4.74 Å². The Kier molecular flexibility index (Phi) is 4.60. The van der Waals surface area contributed by atoms with Crippen LogP contribution in [0.4, 0.5) is 0 Å². The van der Waals surface area contributed by atoms with Crippen molar-refractivity contribution in [2.75, 3.05) is 19.7 Å². The predicted octanol–water partition coefficient (Wildman–Crippen LogP) is 2.14. The Hall–Kier alpha value is -2.37. The summed E-state index contributed by atoms with van der Waals surface area (Å²) in [6.07, 6.45) is 5.24. The molecule has 0 saturated carbocycles. The second kappa shape index (κ2) is 6.81. The molecule has 23 heavy (non-hydrogen) atoms. The van der Waals surface area contributed by atoms with Crippen LogP contribution in [0.5, 0.6) is 5.75 Å². The maximum absolute atomic E-state index is 12.5. The summed E-state index contributed by atoms with van der Waals surface area (Å²) in [5, 5.41) is 4.19. The second-order valence-corrected chi connectivity index (χ2v) is 6.02. The second-order valence-electron chi connectivity index (χ2n) is 6.02. The number of likely N-dealkylation sites (tertiary alicyclic amines) is 1. The van der Waals surface area contributed by atoms with Gasteiger partial charge in [-0.1, -0.05) is 18.2 Å². The van der Waals surface area contributed by atoms with E-state index < -0.39 is 0 Å². The Bertz CT molecular complexity index is 649. The molecular formula is C17H22N4O2. The summed E-state index contributed by atoms with van der Waals surface area (Å²) in [5.74, 6) is 0.836. The monoisotopic (exact) mass is 314 g/mol. The number of ether oxygens (including phenoxy) is 1. The molecule has 1 aliphatic rings. The molecule has 1 amide bonds. The molecule has 1 atom stereocenters. The summed E-state index contributed by atoms with van der Waals surface area (Å²) >= 11 is 0. The highest BCUT2D eigenvalue weighted by atomic mass is 16.5.